The van der Waals surface area contributed by atoms with Gasteiger partial charge in [0.05, 0.1) is 11.9 Å². The number of hydrogen-bond acceptors (Lipinski definition) is 3. The molecule has 0 radical (unpaired) electrons. The Balaban J connectivity index is 1.91. The lowest BCUT2D eigenvalue weighted by Gasteiger charge is -2.13. The number of nitrogens with one attached hydrogen (secondary N) is 2. The van der Waals surface area contributed by atoms with Crippen molar-refractivity contribution in [3.05, 3.63) is 42.2 Å². The molecular formula is C14H16F2N4OS. The lowest BCUT2D eigenvalue weighted by Crippen LogP contribution is -2.28. The van der Waals surface area contributed by atoms with Gasteiger partial charge in [-0.2, -0.15) is 13.9 Å². The zero-order chi connectivity index (χ0) is 15.9. The minimum Gasteiger partial charge on any atom is -0.433 e. The number of rotatable bonds is 6. The first-order chi connectivity index (χ1) is 10.6. The number of thiocarbonyl (C=S) groups is 1. The Morgan fingerprint density at radius 1 is 1.41 bits per heavy atom. The fourth-order valence-electron chi connectivity index (χ4n) is 1.79. The number of anilines is 1. The monoisotopic (exact) mass is 326 g/mol. The Morgan fingerprint density at radius 2 is 2.18 bits per heavy atom. The van der Waals surface area contributed by atoms with E-state index in [1.54, 1.807) is 29.1 Å². The molecule has 0 fully saturated rings. The van der Waals surface area contributed by atoms with Crippen molar-refractivity contribution < 1.29 is 13.5 Å². The van der Waals surface area contributed by atoms with E-state index in [9.17, 15) is 8.78 Å². The van der Waals surface area contributed by atoms with Crippen molar-refractivity contribution in [1.82, 2.24) is 15.1 Å². The van der Waals surface area contributed by atoms with E-state index in [1.807, 2.05) is 13.1 Å². The molecule has 0 aliphatic heterocycles. The predicted octanol–water partition coefficient (Wildman–Crippen LogP) is 2.99. The maximum absolute atomic E-state index is 12.3. The summed E-state index contributed by atoms with van der Waals surface area (Å²) < 4.78 is 30.9. The van der Waals surface area contributed by atoms with Gasteiger partial charge in [-0.1, -0.05) is 12.1 Å². The smallest absolute Gasteiger partial charge is 0.387 e. The van der Waals surface area contributed by atoms with Crippen molar-refractivity contribution in [2.75, 3.05) is 5.32 Å². The fraction of sp³-hybridized carbons (Fsp3) is 0.286. The van der Waals surface area contributed by atoms with Crippen LogP contribution in [0.5, 0.6) is 5.75 Å². The van der Waals surface area contributed by atoms with Crippen molar-refractivity contribution in [1.29, 1.82) is 0 Å². The Labute approximate surface area is 132 Å². The van der Waals surface area contributed by atoms with Crippen molar-refractivity contribution in [3.63, 3.8) is 0 Å². The van der Waals surface area contributed by atoms with Crippen molar-refractivity contribution in [3.8, 4) is 5.75 Å². The van der Waals surface area contributed by atoms with Gasteiger partial charge >= 0.3 is 6.61 Å². The highest BCUT2D eigenvalue weighted by molar-refractivity contribution is 7.80. The van der Waals surface area contributed by atoms with Gasteiger partial charge in [-0.3, -0.25) is 4.68 Å². The molecule has 118 valence electrons. The molecule has 0 amide bonds. The van der Waals surface area contributed by atoms with Crippen LogP contribution >= 0.6 is 12.2 Å². The molecule has 22 heavy (non-hydrogen) atoms. The average molecular weight is 326 g/mol. The van der Waals surface area contributed by atoms with E-state index >= 15 is 0 Å². The lowest BCUT2D eigenvalue weighted by atomic mass is 10.3. The normalized spacial score (nSPS) is 10.5. The molecule has 0 saturated heterocycles. The van der Waals surface area contributed by atoms with E-state index in [1.165, 1.54) is 6.07 Å². The highest BCUT2D eigenvalue weighted by atomic mass is 32.1. The molecule has 0 atom stereocenters. The summed E-state index contributed by atoms with van der Waals surface area (Å²) in [6, 6.07) is 6.37. The second-order valence-corrected chi connectivity index (χ2v) is 4.79. The van der Waals surface area contributed by atoms with Gasteiger partial charge in [-0.15, -0.1) is 0 Å². The summed E-state index contributed by atoms with van der Waals surface area (Å²) in [5.74, 6) is 0.0421. The molecule has 0 aliphatic carbocycles. The molecule has 0 bridgehead atoms. The Kier molecular flexibility index (Phi) is 5.65. The highest BCUT2D eigenvalue weighted by Gasteiger charge is 2.10. The molecule has 2 N–H and O–H groups in total. The fourth-order valence-corrected chi connectivity index (χ4v) is 1.97. The summed E-state index contributed by atoms with van der Waals surface area (Å²) in [6.07, 6.45) is 3.65. The van der Waals surface area contributed by atoms with E-state index in [2.05, 4.69) is 20.5 Å². The summed E-state index contributed by atoms with van der Waals surface area (Å²) in [5, 5.41) is 10.3. The van der Waals surface area contributed by atoms with E-state index in [0.29, 0.717) is 17.3 Å². The van der Waals surface area contributed by atoms with Crippen LogP contribution in [0.2, 0.25) is 0 Å². The van der Waals surface area contributed by atoms with Gasteiger partial charge in [0.25, 0.3) is 0 Å². The first-order valence-electron chi connectivity index (χ1n) is 6.68. The molecule has 0 spiro atoms. The Bertz CT molecular complexity index is 633. The molecule has 5 nitrogen and oxygen atoms in total. The third-order valence-corrected chi connectivity index (χ3v) is 3.06. The van der Waals surface area contributed by atoms with Gasteiger partial charge in [0, 0.05) is 24.8 Å². The van der Waals surface area contributed by atoms with Crippen LogP contribution in [0.1, 0.15) is 12.5 Å². The second kappa shape index (κ2) is 7.69. The number of alkyl halides is 2. The summed E-state index contributed by atoms with van der Waals surface area (Å²) in [6.45, 7) is 0.394. The third-order valence-electron chi connectivity index (χ3n) is 2.82. The molecule has 8 heteroatoms. The molecule has 0 saturated carbocycles. The molecule has 0 aliphatic rings. The number of aromatic nitrogens is 2. The van der Waals surface area contributed by atoms with Crippen molar-refractivity contribution in [2.45, 2.75) is 26.6 Å². The zero-order valence-electron chi connectivity index (χ0n) is 11.9. The summed E-state index contributed by atoms with van der Waals surface area (Å²) in [5.41, 5.74) is 1.35. The minimum atomic E-state index is -2.88. The number of ether oxygens (including phenoxy) is 1. The van der Waals surface area contributed by atoms with Crippen LogP contribution < -0.4 is 15.4 Å². The maximum Gasteiger partial charge on any atom is 0.387 e. The largest absolute Gasteiger partial charge is 0.433 e. The van der Waals surface area contributed by atoms with Gasteiger partial charge in [0.15, 0.2) is 5.11 Å². The standard InChI is InChI=1S/C14H16F2N4OS/c1-2-20-9-10(8-18-20)7-17-14(22)19-11-5-3-4-6-12(11)21-13(15)16/h3-6,8-9,13H,2,7H2,1H3,(H2,17,19,22). The molecule has 2 aromatic rings. The summed E-state index contributed by atoms with van der Waals surface area (Å²) >= 11 is 5.15. The number of hydrogen-bond donors (Lipinski definition) is 2. The third kappa shape index (κ3) is 4.66. The van der Waals surface area contributed by atoms with E-state index < -0.39 is 6.61 Å². The van der Waals surface area contributed by atoms with Gasteiger partial charge in [-0.25, -0.2) is 0 Å². The Hall–Kier alpha value is -2.22. The first kappa shape index (κ1) is 16.2. The van der Waals surface area contributed by atoms with Crippen LogP contribution in [-0.4, -0.2) is 21.5 Å². The van der Waals surface area contributed by atoms with Crippen LogP contribution in [0.4, 0.5) is 14.5 Å². The topological polar surface area (TPSA) is 51.1 Å². The van der Waals surface area contributed by atoms with Crippen molar-refractivity contribution in [2.24, 2.45) is 0 Å². The predicted molar refractivity (Wildman–Crippen MR) is 84.0 cm³/mol. The lowest BCUT2D eigenvalue weighted by molar-refractivity contribution is -0.0493. The number of para-hydroxylation sites is 2. The SMILES string of the molecule is CCn1cc(CNC(=S)Nc2ccccc2OC(F)F)cn1. The van der Waals surface area contributed by atoms with Gasteiger partial charge in [-0.05, 0) is 31.3 Å². The van der Waals surface area contributed by atoms with Crippen molar-refractivity contribution >= 4 is 23.0 Å². The number of nitrogens with zero attached hydrogens (tertiary/aromatic N) is 2. The summed E-state index contributed by atoms with van der Waals surface area (Å²) in [7, 11) is 0. The van der Waals surface area contributed by atoms with Gasteiger partial charge in [0.2, 0.25) is 0 Å². The van der Waals surface area contributed by atoms with Gasteiger partial charge < -0.3 is 15.4 Å². The van der Waals surface area contributed by atoms with Crippen LogP contribution in [0.3, 0.4) is 0 Å². The summed E-state index contributed by atoms with van der Waals surface area (Å²) in [4.78, 5) is 0. The molecule has 2 rings (SSSR count). The number of halogens is 2. The van der Waals surface area contributed by atoms with E-state index in [4.69, 9.17) is 12.2 Å². The van der Waals surface area contributed by atoms with E-state index in [-0.39, 0.29) is 5.75 Å². The van der Waals surface area contributed by atoms with Crippen LogP contribution in [0, 0.1) is 0 Å². The molecule has 1 aromatic carbocycles. The molecule has 0 unspecified atom stereocenters. The maximum atomic E-state index is 12.3. The number of aryl methyl sites for hydroxylation is 1. The molecule has 1 aromatic heterocycles. The molecular weight excluding hydrogens is 310 g/mol. The molecule has 1 heterocycles. The van der Waals surface area contributed by atoms with E-state index in [0.717, 1.165) is 12.1 Å². The Morgan fingerprint density at radius 3 is 2.86 bits per heavy atom. The first-order valence-corrected chi connectivity index (χ1v) is 7.09. The minimum absolute atomic E-state index is 0.0421. The van der Waals surface area contributed by atoms with Gasteiger partial charge in [0.1, 0.15) is 5.75 Å². The van der Waals surface area contributed by atoms with Crippen LogP contribution in [-0.2, 0) is 13.1 Å². The number of benzene rings is 1. The van der Waals surface area contributed by atoms with Crippen LogP contribution in [0.25, 0.3) is 0 Å². The highest BCUT2D eigenvalue weighted by Crippen LogP contribution is 2.25. The second-order valence-electron chi connectivity index (χ2n) is 4.39. The quantitative estimate of drug-likeness (QED) is 0.799. The van der Waals surface area contributed by atoms with Crippen LogP contribution in [0.15, 0.2) is 36.7 Å². The zero-order valence-corrected chi connectivity index (χ0v) is 12.7. The average Bonchev–Trinajstić information content (AvgIpc) is 2.95.